The van der Waals surface area contributed by atoms with Gasteiger partial charge in [-0.2, -0.15) is 22.2 Å². The Bertz CT molecular complexity index is 55.2. The fourth-order valence-electron chi connectivity index (χ4n) is 0. The molecular weight excluding hydrogens is 210 g/mol. The first-order valence-corrected chi connectivity index (χ1v) is 11.4. The molecule has 0 saturated carbocycles. The summed E-state index contributed by atoms with van der Waals surface area (Å²) in [7, 11) is 0. The van der Waals surface area contributed by atoms with Gasteiger partial charge in [0.15, 0.2) is 0 Å². The summed E-state index contributed by atoms with van der Waals surface area (Å²) in [4.78, 5) is 0. The number of hydrogen-bond donors (Lipinski definition) is 0. The Morgan fingerprint density at radius 3 is 1.43 bits per heavy atom. The maximum atomic E-state index is 5.57. The fraction of sp³-hybridized carbons (Fsp3) is 1.00. The van der Waals surface area contributed by atoms with Crippen LogP contribution in [0.5, 0.6) is 0 Å². The molecule has 0 aromatic rings. The highest BCUT2D eigenvalue weighted by Crippen LogP contribution is 2.22. The molecule has 0 N–H and O–H groups in total. The summed E-state index contributed by atoms with van der Waals surface area (Å²) in [6, 6.07) is 0. The molecule has 0 saturated heterocycles. The van der Waals surface area contributed by atoms with Crippen molar-refractivity contribution in [2.45, 2.75) is 6.55 Å². The summed E-state index contributed by atoms with van der Waals surface area (Å²) in [6.07, 6.45) is -2.12. The van der Waals surface area contributed by atoms with Gasteiger partial charge in [0.05, 0.1) is 0 Å². The lowest BCUT2D eigenvalue weighted by atomic mass is 11.9. The van der Waals surface area contributed by atoms with Crippen LogP contribution in [0.25, 0.3) is 0 Å². The van der Waals surface area contributed by atoms with Crippen molar-refractivity contribution in [2.75, 3.05) is 0 Å². The predicted molar refractivity (Wildman–Crippen MR) is 42.2 cm³/mol. The van der Waals surface area contributed by atoms with E-state index < -0.39 is 13.1 Å². The first-order chi connectivity index (χ1) is 2.94. The molecule has 0 aliphatic carbocycles. The molecule has 44 valence electrons. The van der Waals surface area contributed by atoms with Crippen molar-refractivity contribution in [1.82, 2.24) is 0 Å². The van der Waals surface area contributed by atoms with Crippen molar-refractivity contribution in [3.05, 3.63) is 0 Å². The standard InChI is InChI=1S/CH4Cl4Si2/c1-7(4,5)6(2)3/h6H,1H3. The second-order valence-electron chi connectivity index (χ2n) is 1.26. The first kappa shape index (κ1) is 8.59. The molecule has 0 aliphatic heterocycles. The molecule has 0 fully saturated rings. The van der Waals surface area contributed by atoms with E-state index in [9.17, 15) is 0 Å². The Morgan fingerprint density at radius 2 is 1.43 bits per heavy atom. The van der Waals surface area contributed by atoms with E-state index in [0.29, 0.717) is 0 Å². The van der Waals surface area contributed by atoms with Crippen LogP contribution in [0.15, 0.2) is 0 Å². The van der Waals surface area contributed by atoms with Crippen LogP contribution in [-0.4, -0.2) is 13.1 Å². The highest BCUT2D eigenvalue weighted by Gasteiger charge is 2.31. The second-order valence-corrected chi connectivity index (χ2v) is 21.9. The van der Waals surface area contributed by atoms with Crippen LogP contribution < -0.4 is 0 Å². The fourth-order valence-corrected chi connectivity index (χ4v) is 0. The average Bonchev–Trinajstić information content (AvgIpc) is 1.31. The van der Waals surface area contributed by atoms with Crippen LogP contribution in [0.1, 0.15) is 0 Å². The molecular formula is CH4Cl4Si2. The van der Waals surface area contributed by atoms with E-state index in [1.165, 1.54) is 0 Å². The van der Waals surface area contributed by atoms with Crippen molar-refractivity contribution in [1.29, 1.82) is 0 Å². The molecule has 0 unspecified atom stereocenters. The minimum absolute atomic E-state index is 1.73. The summed E-state index contributed by atoms with van der Waals surface area (Å²) in [5, 5.41) is 0. The third-order valence-electron chi connectivity index (χ3n) is 0.383. The van der Waals surface area contributed by atoms with Gasteiger partial charge in [0.2, 0.25) is 0 Å². The van der Waals surface area contributed by atoms with E-state index in [4.69, 9.17) is 44.3 Å². The maximum Gasteiger partial charge on any atom is 0.267 e. The summed E-state index contributed by atoms with van der Waals surface area (Å²) < 4.78 is 0. The zero-order valence-corrected chi connectivity index (χ0v) is 8.77. The molecule has 0 heterocycles. The van der Waals surface area contributed by atoms with Gasteiger partial charge in [-0.15, -0.1) is 22.2 Å². The lowest BCUT2D eigenvalue weighted by Crippen LogP contribution is -2.27. The van der Waals surface area contributed by atoms with Crippen molar-refractivity contribution in [3.63, 3.8) is 0 Å². The molecule has 0 bridgehead atoms. The van der Waals surface area contributed by atoms with Gasteiger partial charge in [0, 0.05) is 0 Å². The molecule has 6 heteroatoms. The van der Waals surface area contributed by atoms with Crippen molar-refractivity contribution in [2.24, 2.45) is 0 Å². The Kier molecular flexibility index (Phi) is 3.61. The zero-order chi connectivity index (χ0) is 6.08. The Labute approximate surface area is 63.9 Å². The number of halogens is 4. The average molecular weight is 214 g/mol. The smallest absolute Gasteiger partial charge is 0.151 e. The van der Waals surface area contributed by atoms with Gasteiger partial charge in [0.25, 0.3) is 13.1 Å². The zero-order valence-electron chi connectivity index (χ0n) is 3.59. The molecule has 0 amide bonds. The van der Waals surface area contributed by atoms with E-state index in [0.717, 1.165) is 0 Å². The van der Waals surface area contributed by atoms with Crippen LogP contribution in [0.3, 0.4) is 0 Å². The van der Waals surface area contributed by atoms with Crippen LogP contribution in [-0.2, 0) is 0 Å². The Hall–Kier alpha value is 1.59. The summed E-state index contributed by atoms with van der Waals surface area (Å²) in [6.45, 7) is -0.0154. The topological polar surface area (TPSA) is 0 Å². The van der Waals surface area contributed by atoms with Crippen molar-refractivity contribution >= 4 is 57.5 Å². The van der Waals surface area contributed by atoms with Crippen molar-refractivity contribution in [3.8, 4) is 0 Å². The molecule has 0 atom stereocenters. The maximum absolute atomic E-state index is 5.57. The molecule has 0 radical (unpaired) electrons. The van der Waals surface area contributed by atoms with Gasteiger partial charge in [-0.3, -0.25) is 0 Å². The largest absolute Gasteiger partial charge is 0.267 e. The summed E-state index contributed by atoms with van der Waals surface area (Å²) >= 11 is 22.1. The number of rotatable bonds is 1. The molecule has 0 spiro atoms. The third-order valence-corrected chi connectivity index (χ3v) is 19.3. The van der Waals surface area contributed by atoms with Gasteiger partial charge < -0.3 is 0 Å². The first-order valence-electron chi connectivity index (χ1n) is 1.60. The SMILES string of the molecule is C[Si](Cl)(Cl)[SiH](Cl)Cl. The van der Waals surface area contributed by atoms with Crippen LogP contribution >= 0.6 is 44.3 Å². The van der Waals surface area contributed by atoms with E-state index in [1.807, 2.05) is 0 Å². The molecule has 0 aromatic carbocycles. The minimum Gasteiger partial charge on any atom is -0.151 e. The Morgan fingerprint density at radius 1 is 1.29 bits per heavy atom. The predicted octanol–water partition coefficient (Wildman–Crippen LogP) is 2.31. The number of hydrogen-bond acceptors (Lipinski definition) is 0. The monoisotopic (exact) mass is 212 g/mol. The molecule has 0 rings (SSSR count). The summed E-state index contributed by atoms with van der Waals surface area (Å²) in [5.41, 5.74) is 0. The van der Waals surface area contributed by atoms with E-state index in [1.54, 1.807) is 6.55 Å². The van der Waals surface area contributed by atoms with Gasteiger partial charge in [-0.1, -0.05) is 0 Å². The van der Waals surface area contributed by atoms with Gasteiger partial charge >= 0.3 is 0 Å². The van der Waals surface area contributed by atoms with Gasteiger partial charge in [0.1, 0.15) is 0 Å². The normalized spacial score (nSPS) is 12.9. The third kappa shape index (κ3) is 4.12. The van der Waals surface area contributed by atoms with Crippen molar-refractivity contribution < 1.29 is 0 Å². The van der Waals surface area contributed by atoms with E-state index in [2.05, 4.69) is 0 Å². The lowest BCUT2D eigenvalue weighted by Gasteiger charge is -2.06. The summed E-state index contributed by atoms with van der Waals surface area (Å²) in [5.74, 6) is 0. The van der Waals surface area contributed by atoms with Crippen LogP contribution in [0, 0.1) is 0 Å². The molecule has 0 aliphatic rings. The molecule has 7 heavy (non-hydrogen) atoms. The highest BCUT2D eigenvalue weighted by molar-refractivity contribution is 7.86. The highest BCUT2D eigenvalue weighted by atomic mass is 35.8. The van der Waals surface area contributed by atoms with E-state index >= 15 is 0 Å². The quantitative estimate of drug-likeness (QED) is 0.464. The minimum atomic E-state index is -2.12. The van der Waals surface area contributed by atoms with E-state index in [-0.39, 0.29) is 0 Å². The molecule has 0 nitrogen and oxygen atoms in total. The van der Waals surface area contributed by atoms with Gasteiger partial charge in [-0.25, -0.2) is 0 Å². The Balaban J connectivity index is 3.54. The van der Waals surface area contributed by atoms with Crippen LogP contribution in [0.4, 0.5) is 0 Å². The second kappa shape index (κ2) is 2.94. The van der Waals surface area contributed by atoms with Crippen LogP contribution in [0.2, 0.25) is 6.55 Å². The lowest BCUT2D eigenvalue weighted by molar-refractivity contribution is 2.30. The van der Waals surface area contributed by atoms with Gasteiger partial charge in [-0.05, 0) is 6.55 Å². The molecule has 0 aromatic heterocycles.